The maximum absolute atomic E-state index is 12.5. The molecule has 2 aromatic rings. The van der Waals surface area contributed by atoms with E-state index in [1.807, 2.05) is 50.3 Å². The minimum absolute atomic E-state index is 0.0201. The number of aliphatic carboxylic acids is 1. The van der Waals surface area contributed by atoms with Crippen LogP contribution in [0, 0.1) is 0 Å². The number of para-hydroxylation sites is 2. The lowest BCUT2D eigenvalue weighted by molar-refractivity contribution is -0.144. The van der Waals surface area contributed by atoms with Gasteiger partial charge in [0.25, 0.3) is 0 Å². The van der Waals surface area contributed by atoms with Gasteiger partial charge in [0, 0.05) is 94.0 Å². The Kier molecular flexibility index (Phi) is 8.41. The summed E-state index contributed by atoms with van der Waals surface area (Å²) in [5, 5.41) is 9.62. The van der Waals surface area contributed by atoms with Crippen LogP contribution in [0.25, 0.3) is 0 Å². The second-order valence-corrected chi connectivity index (χ2v) is 15.6. The molecule has 0 saturated carbocycles. The predicted octanol–water partition coefficient (Wildman–Crippen LogP) is 6.97. The topological polar surface area (TPSA) is 123 Å². The van der Waals surface area contributed by atoms with Crippen molar-refractivity contribution in [2.75, 3.05) is 29.5 Å². The molecule has 6 heterocycles. The van der Waals surface area contributed by atoms with E-state index in [4.69, 9.17) is 14.2 Å². The van der Waals surface area contributed by atoms with Crippen LogP contribution in [0.15, 0.2) is 142 Å². The number of anilines is 2. The number of carbonyl (C=O) groups excluding carboxylic acids is 3. The van der Waals surface area contributed by atoms with Gasteiger partial charge in [0.05, 0.1) is 19.4 Å². The molecule has 0 bridgehead atoms. The van der Waals surface area contributed by atoms with E-state index in [2.05, 4.69) is 47.1 Å². The second-order valence-electron chi connectivity index (χ2n) is 15.6. The van der Waals surface area contributed by atoms with Crippen molar-refractivity contribution in [2.24, 2.45) is 0 Å². The van der Waals surface area contributed by atoms with Crippen molar-refractivity contribution < 1.29 is 38.5 Å². The van der Waals surface area contributed by atoms with E-state index in [0.29, 0.717) is 18.1 Å². The lowest BCUT2D eigenvalue weighted by Gasteiger charge is -2.40. The van der Waals surface area contributed by atoms with Crippen molar-refractivity contribution in [3.63, 3.8) is 0 Å². The first-order valence-electron chi connectivity index (χ1n) is 19.2. The van der Waals surface area contributed by atoms with Gasteiger partial charge < -0.3 is 29.1 Å². The molecule has 0 fully saturated rings. The van der Waals surface area contributed by atoms with Crippen molar-refractivity contribution >= 4 is 34.9 Å². The Bertz CT molecular complexity index is 2390. The zero-order valence-electron chi connectivity index (χ0n) is 31.5. The average molecular weight is 751 g/mol. The van der Waals surface area contributed by atoms with Crippen molar-refractivity contribution in [2.45, 2.75) is 69.5 Å². The standard InChI is InChI=1S/C24H23NO4.C22H19NO4/c1-3-28-22(27)14-24(2)18-6-4-5-7-19(18)25-11-10-20-17(23(24)25)12-15-8-9-16(26)13-21(15)29-20;1-22(12-20(25)26)16-4-2-3-5-17(16)23-9-8-18-15(21(22)23)10-13-6-7-14(24)11-19(13)27-18/h4-9,12-13,20H,3,10-11,14H2,1-2H3;2-7,10-11,18H,8-9,12H2,1H3,(H,25,26). The molecule has 284 valence electrons. The lowest BCUT2D eigenvalue weighted by atomic mass is 9.75. The van der Waals surface area contributed by atoms with Crippen molar-refractivity contribution in [1.29, 1.82) is 0 Å². The van der Waals surface area contributed by atoms with Crippen molar-refractivity contribution in [1.82, 2.24) is 0 Å². The van der Waals surface area contributed by atoms with Gasteiger partial charge >= 0.3 is 11.9 Å². The summed E-state index contributed by atoms with van der Waals surface area (Å²) in [5.74, 6) is 0.113. The molecule has 0 aromatic heterocycles. The highest BCUT2D eigenvalue weighted by atomic mass is 16.5. The van der Waals surface area contributed by atoms with Crippen LogP contribution in [0.1, 0.15) is 57.6 Å². The fourth-order valence-corrected chi connectivity index (χ4v) is 9.81. The summed E-state index contributed by atoms with van der Waals surface area (Å²) in [7, 11) is 0. The van der Waals surface area contributed by atoms with Crippen LogP contribution in [0.5, 0.6) is 0 Å². The summed E-state index contributed by atoms with van der Waals surface area (Å²) in [6.45, 7) is 7.90. The largest absolute Gasteiger partial charge is 0.485 e. The number of nitrogens with zero attached hydrogens (tertiary/aromatic N) is 2. The smallest absolute Gasteiger partial charge is 0.307 e. The molecule has 4 unspecified atom stereocenters. The van der Waals surface area contributed by atoms with Crippen LogP contribution in [-0.4, -0.2) is 60.5 Å². The lowest BCUT2D eigenvalue weighted by Crippen LogP contribution is -2.41. The molecule has 2 aromatic carbocycles. The van der Waals surface area contributed by atoms with E-state index in [0.717, 1.165) is 82.1 Å². The maximum atomic E-state index is 12.5. The molecule has 0 saturated heterocycles. The van der Waals surface area contributed by atoms with Crippen molar-refractivity contribution in [3.8, 4) is 0 Å². The number of carboxylic acids is 1. The van der Waals surface area contributed by atoms with E-state index < -0.39 is 16.8 Å². The molecule has 4 atom stereocenters. The number of ketones is 2. The predicted molar refractivity (Wildman–Crippen MR) is 209 cm³/mol. The average Bonchev–Trinajstić information content (AvgIpc) is 3.58. The van der Waals surface area contributed by atoms with Crippen molar-refractivity contribution in [3.05, 3.63) is 153 Å². The van der Waals surface area contributed by atoms with E-state index in [9.17, 15) is 24.3 Å². The number of rotatable bonds is 5. The molecular weight excluding hydrogens is 709 g/mol. The van der Waals surface area contributed by atoms with E-state index in [1.54, 1.807) is 18.2 Å². The van der Waals surface area contributed by atoms with Crippen LogP contribution in [-0.2, 0) is 44.2 Å². The molecule has 6 aliphatic heterocycles. The minimum atomic E-state index is -0.822. The summed E-state index contributed by atoms with van der Waals surface area (Å²) in [6, 6.07) is 16.3. The number of hydrogen-bond acceptors (Lipinski definition) is 9. The highest BCUT2D eigenvalue weighted by Gasteiger charge is 2.51. The van der Waals surface area contributed by atoms with Crippen LogP contribution in [0.3, 0.4) is 0 Å². The van der Waals surface area contributed by atoms with Crippen LogP contribution in [0.2, 0.25) is 0 Å². The number of carboxylic acid groups (broad SMARTS) is 1. The van der Waals surface area contributed by atoms with Crippen LogP contribution < -0.4 is 9.80 Å². The fraction of sp³-hybridized carbons (Fsp3) is 0.304. The summed E-state index contributed by atoms with van der Waals surface area (Å²) in [6.07, 6.45) is 15.6. The first-order chi connectivity index (χ1) is 27.0. The second kappa shape index (κ2) is 13.3. The Morgan fingerprint density at radius 2 is 1.18 bits per heavy atom. The quantitative estimate of drug-likeness (QED) is 0.321. The van der Waals surface area contributed by atoms with Gasteiger partial charge in [0.15, 0.2) is 11.6 Å². The first kappa shape index (κ1) is 35.5. The number of hydrogen-bond donors (Lipinski definition) is 1. The molecule has 0 radical (unpaired) electrons. The molecule has 0 spiro atoms. The minimum Gasteiger partial charge on any atom is -0.485 e. The Labute approximate surface area is 325 Å². The van der Waals surface area contributed by atoms with Gasteiger partial charge in [-0.3, -0.25) is 19.2 Å². The number of ether oxygens (including phenoxy) is 3. The molecular formula is C46H42N2O8. The molecule has 8 aliphatic rings. The molecule has 10 nitrogen and oxygen atoms in total. The van der Waals surface area contributed by atoms with Gasteiger partial charge in [-0.05, 0) is 80.5 Å². The number of fused-ring (bicyclic) bond motifs is 10. The molecule has 0 amide bonds. The summed E-state index contributed by atoms with van der Waals surface area (Å²) < 4.78 is 17.7. The number of allylic oxidation sites excluding steroid dienone is 8. The van der Waals surface area contributed by atoms with Crippen LogP contribution in [0.4, 0.5) is 11.4 Å². The highest BCUT2D eigenvalue weighted by molar-refractivity contribution is 6.03. The zero-order chi connectivity index (χ0) is 38.9. The van der Waals surface area contributed by atoms with Gasteiger partial charge in [0.2, 0.25) is 0 Å². The van der Waals surface area contributed by atoms with Gasteiger partial charge in [0.1, 0.15) is 23.7 Å². The van der Waals surface area contributed by atoms with Gasteiger partial charge in [-0.1, -0.05) is 36.4 Å². The number of esters is 1. The zero-order valence-corrected chi connectivity index (χ0v) is 31.5. The first-order valence-corrected chi connectivity index (χ1v) is 19.2. The monoisotopic (exact) mass is 750 g/mol. The third-order valence-corrected chi connectivity index (χ3v) is 12.1. The van der Waals surface area contributed by atoms with E-state index >= 15 is 0 Å². The Hall–Kier alpha value is -6.16. The van der Waals surface area contributed by atoms with Crippen LogP contribution >= 0.6 is 0 Å². The number of benzene rings is 2. The Balaban J connectivity index is 0.000000147. The van der Waals surface area contributed by atoms with Gasteiger partial charge in [-0.15, -0.1) is 0 Å². The van der Waals surface area contributed by atoms with Gasteiger partial charge in [-0.25, -0.2) is 0 Å². The Morgan fingerprint density at radius 3 is 1.64 bits per heavy atom. The molecule has 10 rings (SSSR count). The van der Waals surface area contributed by atoms with E-state index in [1.165, 1.54) is 12.2 Å². The number of carbonyl (C=O) groups is 4. The summed E-state index contributed by atoms with van der Waals surface area (Å²) in [5.41, 5.74) is 9.31. The molecule has 56 heavy (non-hydrogen) atoms. The normalized spacial score (nSPS) is 27.2. The third kappa shape index (κ3) is 5.61. The summed E-state index contributed by atoms with van der Waals surface area (Å²) in [4.78, 5) is 52.3. The Morgan fingerprint density at radius 1 is 0.714 bits per heavy atom. The highest BCUT2D eigenvalue weighted by Crippen LogP contribution is 2.56. The van der Waals surface area contributed by atoms with Gasteiger partial charge in [-0.2, -0.15) is 0 Å². The fourth-order valence-electron chi connectivity index (χ4n) is 9.81. The summed E-state index contributed by atoms with van der Waals surface area (Å²) >= 11 is 0. The maximum Gasteiger partial charge on any atom is 0.307 e. The molecule has 1 N–H and O–H groups in total. The molecule has 2 aliphatic carbocycles. The molecule has 10 heteroatoms. The third-order valence-electron chi connectivity index (χ3n) is 12.1. The van der Waals surface area contributed by atoms with E-state index in [-0.39, 0.29) is 42.6 Å². The SMILES string of the molecule is CC1(CC(=O)O)C2=C3C=C4C=CC(=O)C=C4OC3CCN2c2ccccc21.CCOC(=O)CC1(C)C2=C3C=C4C=CC(=O)C=C4OC3CCN2c2ccccc21.